The molecule has 7 heteroatoms. The molecule has 1 atom stereocenters. The van der Waals surface area contributed by atoms with Gasteiger partial charge >= 0.3 is 5.97 Å². The maximum Gasteiger partial charge on any atom is 0.306 e. The summed E-state index contributed by atoms with van der Waals surface area (Å²) in [5.41, 5.74) is 0. The van der Waals surface area contributed by atoms with Gasteiger partial charge in [-0.3, -0.25) is 19.9 Å². The number of nitrogens with zero attached hydrogens (tertiary/aromatic N) is 2. The van der Waals surface area contributed by atoms with E-state index in [0.29, 0.717) is 25.7 Å². The average molecular weight is 255 g/mol. The zero-order valence-corrected chi connectivity index (χ0v) is 10.3. The number of aliphatic imine (C=N–C) groups is 1. The van der Waals surface area contributed by atoms with Gasteiger partial charge in [0.05, 0.1) is 39.2 Å². The normalized spacial score (nSPS) is 24.3. The van der Waals surface area contributed by atoms with Crippen LogP contribution in [0.25, 0.3) is 0 Å². The van der Waals surface area contributed by atoms with Crippen molar-refractivity contribution in [3.63, 3.8) is 0 Å². The van der Waals surface area contributed by atoms with Gasteiger partial charge in [-0.05, 0) is 0 Å². The Balaban J connectivity index is 1.93. The van der Waals surface area contributed by atoms with E-state index in [1.165, 1.54) is 7.11 Å². The van der Waals surface area contributed by atoms with Crippen LogP contribution in [-0.2, 0) is 19.1 Å². The Kier molecular flexibility index (Phi) is 4.14. The number of esters is 1. The molecule has 0 radical (unpaired) electrons. The third-order valence-corrected chi connectivity index (χ3v) is 3.02. The van der Waals surface area contributed by atoms with Crippen molar-refractivity contribution >= 4 is 17.8 Å². The van der Waals surface area contributed by atoms with Crippen molar-refractivity contribution in [3.8, 4) is 0 Å². The van der Waals surface area contributed by atoms with Gasteiger partial charge < -0.3 is 14.4 Å². The minimum absolute atomic E-state index is 0.0717. The summed E-state index contributed by atoms with van der Waals surface area (Å²) in [6.45, 7) is 3.05. The van der Waals surface area contributed by atoms with E-state index < -0.39 is 5.92 Å². The van der Waals surface area contributed by atoms with Crippen LogP contribution in [0.15, 0.2) is 4.99 Å². The van der Waals surface area contributed by atoms with E-state index in [4.69, 9.17) is 4.74 Å². The number of methoxy groups -OCH3 is 1. The molecule has 1 N–H and O–H groups in total. The molecule has 1 amide bonds. The van der Waals surface area contributed by atoms with Crippen molar-refractivity contribution in [1.82, 2.24) is 10.2 Å². The lowest BCUT2D eigenvalue weighted by Crippen LogP contribution is -2.53. The first-order valence-corrected chi connectivity index (χ1v) is 5.95. The van der Waals surface area contributed by atoms with Crippen LogP contribution in [0.2, 0.25) is 0 Å². The Morgan fingerprint density at radius 1 is 1.56 bits per heavy atom. The fourth-order valence-electron chi connectivity index (χ4n) is 1.93. The van der Waals surface area contributed by atoms with E-state index >= 15 is 0 Å². The van der Waals surface area contributed by atoms with Crippen molar-refractivity contribution in [2.45, 2.75) is 6.42 Å². The van der Waals surface area contributed by atoms with Crippen LogP contribution in [0, 0.1) is 5.92 Å². The van der Waals surface area contributed by atoms with E-state index in [-0.39, 0.29) is 18.3 Å². The molecule has 1 unspecified atom stereocenters. The third-order valence-electron chi connectivity index (χ3n) is 3.02. The molecule has 1 saturated heterocycles. The van der Waals surface area contributed by atoms with Crippen LogP contribution in [0.3, 0.4) is 0 Å². The standard InChI is InChI=1S/C11H17N3O4/c1-17-9(15)6-8-7-12-11(13-10(8)16)14-2-4-18-5-3-14/h8H,2-7H2,1H3,(H,12,13,16). The van der Waals surface area contributed by atoms with E-state index in [0.717, 1.165) is 13.1 Å². The summed E-state index contributed by atoms with van der Waals surface area (Å²) >= 11 is 0. The number of nitrogens with one attached hydrogen (secondary N) is 1. The molecular formula is C11H17N3O4. The first-order chi connectivity index (χ1) is 8.70. The topological polar surface area (TPSA) is 80.2 Å². The summed E-state index contributed by atoms with van der Waals surface area (Å²) in [5, 5.41) is 2.74. The van der Waals surface area contributed by atoms with Crippen LogP contribution in [0.5, 0.6) is 0 Å². The molecule has 2 aliphatic rings. The van der Waals surface area contributed by atoms with Gasteiger partial charge in [-0.2, -0.15) is 0 Å². The minimum Gasteiger partial charge on any atom is -0.469 e. The second-order valence-corrected chi connectivity index (χ2v) is 4.23. The lowest BCUT2D eigenvalue weighted by molar-refractivity contribution is -0.144. The highest BCUT2D eigenvalue weighted by Crippen LogP contribution is 2.11. The number of hydrogen-bond donors (Lipinski definition) is 1. The maximum atomic E-state index is 11.8. The molecule has 7 nitrogen and oxygen atoms in total. The number of hydrogen-bond acceptors (Lipinski definition) is 6. The fourth-order valence-corrected chi connectivity index (χ4v) is 1.93. The second-order valence-electron chi connectivity index (χ2n) is 4.23. The SMILES string of the molecule is COC(=O)CC1CN=C(N2CCOCC2)NC1=O. The summed E-state index contributed by atoms with van der Waals surface area (Å²) in [6.07, 6.45) is 0.0717. The molecule has 2 rings (SSSR count). The van der Waals surface area contributed by atoms with Gasteiger partial charge in [-0.15, -0.1) is 0 Å². The number of guanidine groups is 1. The molecule has 0 aromatic carbocycles. The van der Waals surface area contributed by atoms with Crippen LogP contribution >= 0.6 is 0 Å². The number of amides is 1. The smallest absolute Gasteiger partial charge is 0.306 e. The van der Waals surface area contributed by atoms with Crippen molar-refractivity contribution < 1.29 is 19.1 Å². The number of morpholine rings is 1. The van der Waals surface area contributed by atoms with Gasteiger partial charge in [0.1, 0.15) is 0 Å². The zero-order valence-electron chi connectivity index (χ0n) is 10.3. The van der Waals surface area contributed by atoms with Gasteiger partial charge in [-0.25, -0.2) is 0 Å². The number of carbonyl (C=O) groups excluding carboxylic acids is 2. The van der Waals surface area contributed by atoms with E-state index in [1.807, 2.05) is 4.90 Å². The summed E-state index contributed by atoms with van der Waals surface area (Å²) in [5.74, 6) is -0.399. The van der Waals surface area contributed by atoms with Gasteiger partial charge in [0.15, 0.2) is 0 Å². The Hall–Kier alpha value is -1.63. The first kappa shape index (κ1) is 12.8. The predicted octanol–water partition coefficient (Wildman–Crippen LogP) is -1.02. The summed E-state index contributed by atoms with van der Waals surface area (Å²) in [7, 11) is 1.31. The van der Waals surface area contributed by atoms with Crippen molar-refractivity contribution in [1.29, 1.82) is 0 Å². The molecule has 18 heavy (non-hydrogen) atoms. The molecule has 2 heterocycles. The number of rotatable bonds is 2. The quantitative estimate of drug-likeness (QED) is 0.639. The number of carbonyl (C=O) groups is 2. The van der Waals surface area contributed by atoms with Crippen LogP contribution in [0.4, 0.5) is 0 Å². The van der Waals surface area contributed by atoms with Crippen molar-refractivity contribution in [2.75, 3.05) is 40.0 Å². The molecule has 1 fully saturated rings. The Morgan fingerprint density at radius 3 is 2.89 bits per heavy atom. The van der Waals surface area contributed by atoms with Crippen LogP contribution in [-0.4, -0.2) is 62.7 Å². The molecule has 0 saturated carbocycles. The summed E-state index contributed by atoms with van der Waals surface area (Å²) in [6, 6.07) is 0. The van der Waals surface area contributed by atoms with E-state index in [9.17, 15) is 9.59 Å². The maximum absolute atomic E-state index is 11.8. The molecule has 0 spiro atoms. The van der Waals surface area contributed by atoms with Gasteiger partial charge in [0.25, 0.3) is 0 Å². The highest BCUT2D eigenvalue weighted by molar-refractivity contribution is 6.00. The van der Waals surface area contributed by atoms with E-state index in [2.05, 4.69) is 15.0 Å². The van der Waals surface area contributed by atoms with Gasteiger partial charge in [0, 0.05) is 13.1 Å². The molecule has 100 valence electrons. The third kappa shape index (κ3) is 2.98. The molecular weight excluding hydrogens is 238 g/mol. The Labute approximate surface area is 105 Å². The molecule has 0 aromatic rings. The monoisotopic (exact) mass is 255 g/mol. The van der Waals surface area contributed by atoms with Crippen molar-refractivity contribution in [2.24, 2.45) is 10.9 Å². The Morgan fingerprint density at radius 2 is 2.28 bits per heavy atom. The lowest BCUT2D eigenvalue weighted by Gasteiger charge is -2.32. The molecule has 0 bridgehead atoms. The molecule has 2 aliphatic heterocycles. The average Bonchev–Trinajstić information content (AvgIpc) is 2.42. The molecule has 0 aliphatic carbocycles. The summed E-state index contributed by atoms with van der Waals surface area (Å²) in [4.78, 5) is 29.3. The molecule has 0 aromatic heterocycles. The summed E-state index contributed by atoms with van der Waals surface area (Å²) < 4.78 is 9.79. The fraction of sp³-hybridized carbons (Fsp3) is 0.727. The highest BCUT2D eigenvalue weighted by Gasteiger charge is 2.29. The lowest BCUT2D eigenvalue weighted by atomic mass is 10.0. The predicted molar refractivity (Wildman–Crippen MR) is 63.0 cm³/mol. The van der Waals surface area contributed by atoms with E-state index in [1.54, 1.807) is 0 Å². The van der Waals surface area contributed by atoms with Crippen LogP contribution in [0.1, 0.15) is 6.42 Å². The van der Waals surface area contributed by atoms with Gasteiger partial charge in [-0.1, -0.05) is 0 Å². The highest BCUT2D eigenvalue weighted by atomic mass is 16.5. The zero-order chi connectivity index (χ0) is 13.0. The number of ether oxygens (including phenoxy) is 2. The largest absolute Gasteiger partial charge is 0.469 e. The van der Waals surface area contributed by atoms with Crippen molar-refractivity contribution in [3.05, 3.63) is 0 Å². The van der Waals surface area contributed by atoms with Crippen LogP contribution < -0.4 is 5.32 Å². The second kappa shape index (κ2) is 5.81. The van der Waals surface area contributed by atoms with Gasteiger partial charge in [0.2, 0.25) is 11.9 Å². The first-order valence-electron chi connectivity index (χ1n) is 5.95. The Bertz CT molecular complexity index is 363. The minimum atomic E-state index is -0.428.